The van der Waals surface area contributed by atoms with Crippen LogP contribution in [0.3, 0.4) is 0 Å². The number of rotatable bonds is 5. The molecule has 0 aromatic rings. The molecular weight excluding hydrogens is 212 g/mol. The van der Waals surface area contributed by atoms with Gasteiger partial charge in [0.05, 0.1) is 6.07 Å². The number of hydrogen-bond donors (Lipinski definition) is 1. The quantitative estimate of drug-likeness (QED) is 0.797. The van der Waals surface area contributed by atoms with Crippen molar-refractivity contribution in [1.82, 2.24) is 5.32 Å². The molecule has 1 saturated carbocycles. The number of nitrogens with zero attached hydrogens (tertiary/aromatic N) is 1. The van der Waals surface area contributed by atoms with E-state index in [2.05, 4.69) is 19.2 Å². The largest absolute Gasteiger partial charge is 0.356 e. The number of amides is 1. The molecule has 1 rings (SSSR count). The lowest BCUT2D eigenvalue weighted by molar-refractivity contribution is -0.121. The molecule has 96 valence electrons. The highest BCUT2D eigenvalue weighted by Gasteiger charge is 2.30. The van der Waals surface area contributed by atoms with E-state index >= 15 is 0 Å². The van der Waals surface area contributed by atoms with Crippen LogP contribution in [-0.2, 0) is 4.79 Å². The molecule has 1 aliphatic carbocycles. The summed E-state index contributed by atoms with van der Waals surface area (Å²) in [6.07, 6.45) is 7.25. The summed E-state index contributed by atoms with van der Waals surface area (Å²) in [5.41, 5.74) is 0.183. The van der Waals surface area contributed by atoms with Gasteiger partial charge in [-0.25, -0.2) is 0 Å². The Kier molecular flexibility index (Phi) is 5.47. The number of hydrogen-bond acceptors (Lipinski definition) is 2. The van der Waals surface area contributed by atoms with Crippen molar-refractivity contribution in [2.24, 2.45) is 11.3 Å². The molecule has 0 bridgehead atoms. The number of carbonyl (C=O) groups is 1. The molecule has 1 aliphatic rings. The molecule has 1 amide bonds. The van der Waals surface area contributed by atoms with E-state index in [-0.39, 0.29) is 11.3 Å². The van der Waals surface area contributed by atoms with Crippen LogP contribution in [0.4, 0.5) is 0 Å². The first-order chi connectivity index (χ1) is 8.06. The fraction of sp³-hybridized carbons (Fsp3) is 0.857. The van der Waals surface area contributed by atoms with Gasteiger partial charge in [0.1, 0.15) is 0 Å². The summed E-state index contributed by atoms with van der Waals surface area (Å²) in [5.74, 6) is 0.739. The van der Waals surface area contributed by atoms with E-state index < -0.39 is 0 Å². The maximum absolute atomic E-state index is 11.5. The smallest absolute Gasteiger partial charge is 0.221 e. The summed E-state index contributed by atoms with van der Waals surface area (Å²) in [5, 5.41) is 11.4. The highest BCUT2D eigenvalue weighted by Crippen LogP contribution is 2.37. The molecule has 0 atom stereocenters. The molecular formula is C14H24N2O. The summed E-state index contributed by atoms with van der Waals surface area (Å²) < 4.78 is 0. The van der Waals surface area contributed by atoms with Gasteiger partial charge in [-0.1, -0.05) is 33.1 Å². The van der Waals surface area contributed by atoms with Crippen molar-refractivity contribution >= 4 is 5.91 Å². The minimum atomic E-state index is 0.00966. The van der Waals surface area contributed by atoms with Crippen molar-refractivity contribution in [2.45, 2.75) is 58.8 Å². The van der Waals surface area contributed by atoms with Crippen molar-refractivity contribution < 1.29 is 4.79 Å². The fourth-order valence-electron chi connectivity index (χ4n) is 2.61. The standard InChI is InChI=1S/C14H24N2O/c1-14(2,12-7-4-3-5-8-12)11-16-13(17)9-6-10-15/h12H,3-9,11H2,1-2H3,(H,16,17). The average molecular weight is 236 g/mol. The van der Waals surface area contributed by atoms with Crippen LogP contribution >= 0.6 is 0 Å². The van der Waals surface area contributed by atoms with Crippen molar-refractivity contribution in [3.8, 4) is 6.07 Å². The Morgan fingerprint density at radius 2 is 2.00 bits per heavy atom. The predicted octanol–water partition coefficient (Wildman–Crippen LogP) is 3.01. The molecule has 1 N–H and O–H groups in total. The minimum Gasteiger partial charge on any atom is -0.356 e. The van der Waals surface area contributed by atoms with Crippen molar-refractivity contribution in [1.29, 1.82) is 5.26 Å². The molecule has 0 spiro atoms. The Hall–Kier alpha value is -1.04. The Morgan fingerprint density at radius 1 is 1.35 bits per heavy atom. The predicted molar refractivity (Wildman–Crippen MR) is 68.2 cm³/mol. The zero-order chi connectivity index (χ0) is 12.7. The van der Waals surface area contributed by atoms with Gasteiger partial charge in [-0.3, -0.25) is 4.79 Å². The second-order valence-electron chi connectivity index (χ2n) is 5.76. The van der Waals surface area contributed by atoms with Crippen molar-refractivity contribution in [3.63, 3.8) is 0 Å². The number of nitrogens with one attached hydrogen (secondary N) is 1. The molecule has 0 radical (unpaired) electrons. The highest BCUT2D eigenvalue weighted by molar-refractivity contribution is 5.76. The van der Waals surface area contributed by atoms with Gasteiger partial charge in [-0.15, -0.1) is 0 Å². The Labute approximate surface area is 105 Å². The van der Waals surface area contributed by atoms with Crippen molar-refractivity contribution in [2.75, 3.05) is 6.54 Å². The SMILES string of the molecule is CC(C)(CNC(=O)CCC#N)C1CCCCC1. The van der Waals surface area contributed by atoms with Crippen LogP contribution in [0.15, 0.2) is 0 Å². The monoisotopic (exact) mass is 236 g/mol. The van der Waals surface area contributed by atoms with E-state index in [0.717, 1.165) is 12.5 Å². The van der Waals surface area contributed by atoms with Gasteiger partial charge in [0.15, 0.2) is 0 Å². The molecule has 0 aromatic heterocycles. The van der Waals surface area contributed by atoms with Crippen LogP contribution in [0.1, 0.15) is 58.8 Å². The molecule has 17 heavy (non-hydrogen) atoms. The zero-order valence-corrected chi connectivity index (χ0v) is 11.1. The van der Waals surface area contributed by atoms with Gasteiger partial charge >= 0.3 is 0 Å². The maximum atomic E-state index is 11.5. The van der Waals surface area contributed by atoms with E-state index in [4.69, 9.17) is 5.26 Å². The summed E-state index contributed by atoms with van der Waals surface area (Å²) >= 11 is 0. The normalized spacial score (nSPS) is 17.5. The summed E-state index contributed by atoms with van der Waals surface area (Å²) in [4.78, 5) is 11.5. The van der Waals surface area contributed by atoms with Crippen LogP contribution < -0.4 is 5.32 Å². The topological polar surface area (TPSA) is 52.9 Å². The van der Waals surface area contributed by atoms with E-state index in [1.807, 2.05) is 6.07 Å². The molecule has 1 fully saturated rings. The summed E-state index contributed by atoms with van der Waals surface area (Å²) in [7, 11) is 0. The van der Waals surface area contributed by atoms with Gasteiger partial charge < -0.3 is 5.32 Å². The Morgan fingerprint density at radius 3 is 2.59 bits per heavy atom. The molecule has 0 saturated heterocycles. The number of carbonyl (C=O) groups excluding carboxylic acids is 1. The van der Waals surface area contributed by atoms with Gasteiger partial charge in [0, 0.05) is 19.4 Å². The van der Waals surface area contributed by atoms with Gasteiger partial charge in [-0.2, -0.15) is 5.26 Å². The molecule has 0 aromatic carbocycles. The number of nitriles is 1. The Bertz CT molecular complexity index is 285. The second-order valence-corrected chi connectivity index (χ2v) is 5.76. The highest BCUT2D eigenvalue weighted by atomic mass is 16.1. The summed E-state index contributed by atoms with van der Waals surface area (Å²) in [6.45, 7) is 5.23. The second kappa shape index (κ2) is 6.64. The van der Waals surface area contributed by atoms with E-state index in [1.54, 1.807) is 0 Å². The minimum absolute atomic E-state index is 0.00966. The van der Waals surface area contributed by atoms with Crippen molar-refractivity contribution in [3.05, 3.63) is 0 Å². The first kappa shape index (κ1) is 14.0. The third-order valence-electron chi connectivity index (χ3n) is 3.92. The van der Waals surface area contributed by atoms with E-state index in [9.17, 15) is 4.79 Å². The van der Waals surface area contributed by atoms with Gasteiger partial charge in [-0.05, 0) is 24.2 Å². The van der Waals surface area contributed by atoms with Crippen LogP contribution in [0.2, 0.25) is 0 Å². The molecule has 0 aliphatic heterocycles. The third-order valence-corrected chi connectivity index (χ3v) is 3.92. The maximum Gasteiger partial charge on any atom is 0.221 e. The first-order valence-electron chi connectivity index (χ1n) is 6.70. The molecule has 0 heterocycles. The van der Waals surface area contributed by atoms with Crippen LogP contribution in [-0.4, -0.2) is 12.5 Å². The lowest BCUT2D eigenvalue weighted by atomic mass is 9.71. The van der Waals surface area contributed by atoms with Crippen LogP contribution in [0.5, 0.6) is 0 Å². The molecule has 0 unspecified atom stereocenters. The lowest BCUT2D eigenvalue weighted by Crippen LogP contribution is -2.39. The fourth-order valence-corrected chi connectivity index (χ4v) is 2.61. The van der Waals surface area contributed by atoms with Crippen LogP contribution in [0.25, 0.3) is 0 Å². The van der Waals surface area contributed by atoms with E-state index in [0.29, 0.717) is 12.8 Å². The summed E-state index contributed by atoms with van der Waals surface area (Å²) in [6, 6.07) is 2.00. The first-order valence-corrected chi connectivity index (χ1v) is 6.70. The Balaban J connectivity index is 2.32. The van der Waals surface area contributed by atoms with E-state index in [1.165, 1.54) is 32.1 Å². The zero-order valence-electron chi connectivity index (χ0n) is 11.1. The molecule has 3 heteroatoms. The van der Waals surface area contributed by atoms with Gasteiger partial charge in [0.2, 0.25) is 5.91 Å². The lowest BCUT2D eigenvalue weighted by Gasteiger charge is -2.37. The third kappa shape index (κ3) is 4.77. The average Bonchev–Trinajstić information content (AvgIpc) is 2.35. The van der Waals surface area contributed by atoms with Crippen LogP contribution in [0, 0.1) is 22.7 Å². The van der Waals surface area contributed by atoms with Gasteiger partial charge in [0.25, 0.3) is 0 Å². The molecule has 3 nitrogen and oxygen atoms in total.